The Morgan fingerprint density at radius 2 is 1.95 bits per heavy atom. The molecular formula is C13H19N3O4S. The number of unbranched alkanes of at least 4 members (excludes halogenated alkanes) is 3. The lowest BCUT2D eigenvalue weighted by atomic mass is 10.1. The number of carbonyl (C=O) groups is 3. The molecule has 1 aromatic heterocycles. The molecule has 1 heterocycles. The van der Waals surface area contributed by atoms with Crippen molar-refractivity contribution in [3.63, 3.8) is 0 Å². The Morgan fingerprint density at radius 1 is 1.24 bits per heavy atom. The van der Waals surface area contributed by atoms with Gasteiger partial charge in [0, 0.05) is 25.3 Å². The second-order valence-corrected chi connectivity index (χ2v) is 5.39. The smallest absolute Gasteiger partial charge is 0.303 e. The highest BCUT2D eigenvalue weighted by atomic mass is 32.1. The average molecular weight is 313 g/mol. The number of amides is 2. The molecule has 0 aliphatic rings. The third-order valence-corrected chi connectivity index (χ3v) is 3.38. The van der Waals surface area contributed by atoms with Crippen LogP contribution in [0.3, 0.4) is 0 Å². The van der Waals surface area contributed by atoms with E-state index in [4.69, 9.17) is 5.11 Å². The molecule has 0 saturated heterocycles. The minimum atomic E-state index is -0.776. The highest BCUT2D eigenvalue weighted by molar-refractivity contribution is 7.14. The number of aromatic nitrogens is 1. The summed E-state index contributed by atoms with van der Waals surface area (Å²) in [4.78, 5) is 36.9. The fourth-order valence-corrected chi connectivity index (χ4v) is 2.37. The van der Waals surface area contributed by atoms with Crippen LogP contribution in [0.15, 0.2) is 5.38 Å². The normalized spacial score (nSPS) is 10.1. The molecule has 0 fully saturated rings. The number of hydrogen-bond donors (Lipinski definition) is 3. The standard InChI is InChI=1S/C13H19N3O4S/c1-9(17)15-13-16-10(8-21-13)12(20)14-7-5-3-2-4-6-11(18)19/h8H,2-7H2,1H3,(H,14,20)(H,18,19)(H,15,16,17). The van der Waals surface area contributed by atoms with Crippen LogP contribution in [0, 0.1) is 0 Å². The van der Waals surface area contributed by atoms with Gasteiger partial charge in [-0.25, -0.2) is 4.98 Å². The third kappa shape index (κ3) is 7.40. The van der Waals surface area contributed by atoms with Gasteiger partial charge in [-0.3, -0.25) is 14.4 Å². The van der Waals surface area contributed by atoms with Crippen LogP contribution in [-0.2, 0) is 9.59 Å². The molecule has 8 heteroatoms. The maximum atomic E-state index is 11.8. The molecule has 1 aromatic rings. The predicted octanol–water partition coefficient (Wildman–Crippen LogP) is 1.87. The van der Waals surface area contributed by atoms with Crippen molar-refractivity contribution < 1.29 is 19.5 Å². The van der Waals surface area contributed by atoms with E-state index in [-0.39, 0.29) is 23.9 Å². The van der Waals surface area contributed by atoms with Crippen LogP contribution < -0.4 is 10.6 Å². The summed E-state index contributed by atoms with van der Waals surface area (Å²) in [5.41, 5.74) is 0.287. The van der Waals surface area contributed by atoms with Crippen LogP contribution in [0.5, 0.6) is 0 Å². The highest BCUT2D eigenvalue weighted by Crippen LogP contribution is 2.15. The first-order valence-corrected chi connectivity index (χ1v) is 7.60. The maximum absolute atomic E-state index is 11.8. The van der Waals surface area contributed by atoms with Gasteiger partial charge < -0.3 is 15.7 Å². The van der Waals surface area contributed by atoms with Gasteiger partial charge in [-0.05, 0) is 12.8 Å². The van der Waals surface area contributed by atoms with Gasteiger partial charge in [0.1, 0.15) is 5.69 Å². The molecule has 21 heavy (non-hydrogen) atoms. The number of anilines is 1. The van der Waals surface area contributed by atoms with Gasteiger partial charge in [-0.2, -0.15) is 0 Å². The molecule has 0 atom stereocenters. The van der Waals surface area contributed by atoms with Gasteiger partial charge in [0.25, 0.3) is 5.91 Å². The molecule has 0 saturated carbocycles. The van der Waals surface area contributed by atoms with Crippen LogP contribution in [0.4, 0.5) is 5.13 Å². The molecule has 0 aromatic carbocycles. The summed E-state index contributed by atoms with van der Waals surface area (Å²) in [5, 5.41) is 15.7. The summed E-state index contributed by atoms with van der Waals surface area (Å²) in [5.74, 6) is -1.27. The Balaban J connectivity index is 2.17. The van der Waals surface area contributed by atoms with Gasteiger partial charge in [-0.15, -0.1) is 11.3 Å². The lowest BCUT2D eigenvalue weighted by Crippen LogP contribution is -2.24. The van der Waals surface area contributed by atoms with Gasteiger partial charge in [0.15, 0.2) is 5.13 Å². The first kappa shape index (κ1) is 17.1. The van der Waals surface area contributed by atoms with Crippen molar-refractivity contribution in [2.24, 2.45) is 0 Å². The number of nitrogens with one attached hydrogen (secondary N) is 2. The Hall–Kier alpha value is -1.96. The maximum Gasteiger partial charge on any atom is 0.303 e. The summed E-state index contributed by atoms with van der Waals surface area (Å²) in [6.45, 7) is 1.91. The molecule has 0 unspecified atom stereocenters. The van der Waals surface area contributed by atoms with E-state index in [1.54, 1.807) is 5.38 Å². The largest absolute Gasteiger partial charge is 0.481 e. The van der Waals surface area contributed by atoms with Crippen molar-refractivity contribution in [3.05, 3.63) is 11.1 Å². The van der Waals surface area contributed by atoms with E-state index in [1.807, 2.05) is 0 Å². The minimum absolute atomic E-state index is 0.192. The lowest BCUT2D eigenvalue weighted by molar-refractivity contribution is -0.137. The molecular weight excluding hydrogens is 294 g/mol. The molecule has 116 valence electrons. The number of aliphatic carboxylic acids is 1. The summed E-state index contributed by atoms with van der Waals surface area (Å²) < 4.78 is 0. The fourth-order valence-electron chi connectivity index (χ4n) is 1.63. The van der Waals surface area contributed by atoms with E-state index in [2.05, 4.69) is 15.6 Å². The topological polar surface area (TPSA) is 108 Å². The van der Waals surface area contributed by atoms with Gasteiger partial charge in [0.2, 0.25) is 5.91 Å². The number of thiazole rings is 1. The molecule has 0 spiro atoms. The molecule has 0 aliphatic heterocycles. The number of carboxylic acids is 1. The number of carbonyl (C=O) groups excluding carboxylic acids is 2. The average Bonchev–Trinajstić information content (AvgIpc) is 2.84. The fraction of sp³-hybridized carbons (Fsp3) is 0.538. The quantitative estimate of drug-likeness (QED) is 0.603. The van der Waals surface area contributed by atoms with Crippen LogP contribution >= 0.6 is 11.3 Å². The van der Waals surface area contributed by atoms with Gasteiger partial charge in [0.05, 0.1) is 0 Å². The van der Waals surface area contributed by atoms with Crippen molar-refractivity contribution in [1.82, 2.24) is 10.3 Å². The van der Waals surface area contributed by atoms with Crippen molar-refractivity contribution in [2.45, 2.75) is 39.0 Å². The first-order chi connectivity index (χ1) is 9.99. The zero-order chi connectivity index (χ0) is 15.7. The number of carboxylic acid groups (broad SMARTS) is 1. The zero-order valence-electron chi connectivity index (χ0n) is 11.8. The Morgan fingerprint density at radius 3 is 2.62 bits per heavy atom. The molecule has 2 amide bonds. The SMILES string of the molecule is CC(=O)Nc1nc(C(=O)NCCCCCCC(=O)O)cs1. The highest BCUT2D eigenvalue weighted by Gasteiger charge is 2.10. The van der Waals surface area contributed by atoms with Crippen LogP contribution in [0.25, 0.3) is 0 Å². The summed E-state index contributed by atoms with van der Waals surface area (Å²) in [6.07, 6.45) is 3.37. The minimum Gasteiger partial charge on any atom is -0.481 e. The Bertz CT molecular complexity index is 501. The van der Waals surface area contributed by atoms with Gasteiger partial charge in [-0.1, -0.05) is 12.8 Å². The second kappa shape index (κ2) is 9.06. The number of nitrogens with zero attached hydrogens (tertiary/aromatic N) is 1. The first-order valence-electron chi connectivity index (χ1n) is 6.72. The lowest BCUT2D eigenvalue weighted by Gasteiger charge is -2.03. The monoisotopic (exact) mass is 313 g/mol. The van der Waals surface area contributed by atoms with E-state index in [0.717, 1.165) is 19.3 Å². The molecule has 3 N–H and O–H groups in total. The van der Waals surface area contributed by atoms with E-state index in [9.17, 15) is 14.4 Å². The number of rotatable bonds is 9. The van der Waals surface area contributed by atoms with Crippen molar-refractivity contribution in [1.29, 1.82) is 0 Å². The summed E-state index contributed by atoms with van der Waals surface area (Å²) in [6, 6.07) is 0. The van der Waals surface area contributed by atoms with Crippen molar-refractivity contribution in [3.8, 4) is 0 Å². The van der Waals surface area contributed by atoms with Gasteiger partial charge >= 0.3 is 5.97 Å². The Kier molecular flexibility index (Phi) is 7.38. The molecule has 0 radical (unpaired) electrons. The van der Waals surface area contributed by atoms with E-state index < -0.39 is 5.97 Å². The molecule has 0 bridgehead atoms. The van der Waals surface area contributed by atoms with Crippen LogP contribution in [0.1, 0.15) is 49.5 Å². The molecule has 0 aliphatic carbocycles. The molecule has 1 rings (SSSR count). The summed E-state index contributed by atoms with van der Waals surface area (Å²) in [7, 11) is 0. The van der Waals surface area contributed by atoms with Crippen LogP contribution in [0.2, 0.25) is 0 Å². The van der Waals surface area contributed by atoms with Crippen LogP contribution in [-0.4, -0.2) is 34.4 Å². The van der Waals surface area contributed by atoms with E-state index >= 15 is 0 Å². The predicted molar refractivity (Wildman–Crippen MR) is 79.5 cm³/mol. The van der Waals surface area contributed by atoms with Crippen molar-refractivity contribution in [2.75, 3.05) is 11.9 Å². The van der Waals surface area contributed by atoms with E-state index in [0.29, 0.717) is 18.1 Å². The second-order valence-electron chi connectivity index (χ2n) is 4.53. The molecule has 7 nitrogen and oxygen atoms in total. The van der Waals surface area contributed by atoms with Crippen molar-refractivity contribution >= 4 is 34.3 Å². The number of hydrogen-bond acceptors (Lipinski definition) is 5. The third-order valence-electron chi connectivity index (χ3n) is 2.62. The Labute approximate surface area is 126 Å². The summed E-state index contributed by atoms with van der Waals surface area (Å²) >= 11 is 1.20. The van der Waals surface area contributed by atoms with E-state index in [1.165, 1.54) is 18.3 Å². The zero-order valence-corrected chi connectivity index (χ0v) is 12.7.